The molecule has 0 nitrogen and oxygen atoms in total. The summed E-state index contributed by atoms with van der Waals surface area (Å²) in [5.74, 6) is 0. The lowest BCUT2D eigenvalue weighted by molar-refractivity contribution is 0.531. The van der Waals surface area contributed by atoms with Crippen molar-refractivity contribution in [2.45, 2.75) is 85.5 Å². The molecule has 1 aliphatic rings. The van der Waals surface area contributed by atoms with E-state index in [0.717, 1.165) is 0 Å². The molecule has 0 aromatic heterocycles. The molecule has 4 aromatic rings. The van der Waals surface area contributed by atoms with Crippen LogP contribution in [0.2, 0.25) is 0 Å². The molecule has 0 spiro atoms. The Hall–Kier alpha value is -2.86. The lowest BCUT2D eigenvalue weighted by Gasteiger charge is -2.30. The summed E-state index contributed by atoms with van der Waals surface area (Å²) in [6.45, 7) is 22.8. The van der Waals surface area contributed by atoms with E-state index in [1.165, 1.54) is 55.3 Å². The average Bonchev–Trinajstić information content (AvgIpc) is 2.99. The van der Waals surface area contributed by atoms with Crippen LogP contribution in [-0.2, 0) is 16.2 Å². The minimum atomic E-state index is 0.143. The first-order chi connectivity index (χ1) is 16.2. The van der Waals surface area contributed by atoms with Gasteiger partial charge in [-0.2, -0.15) is 0 Å². The quantitative estimate of drug-likeness (QED) is 0.244. The van der Waals surface area contributed by atoms with Gasteiger partial charge in [-0.3, -0.25) is 0 Å². The van der Waals surface area contributed by atoms with Gasteiger partial charge in [0.1, 0.15) is 0 Å². The smallest absolute Gasteiger partial charge is 0.0158 e. The van der Waals surface area contributed by atoms with E-state index >= 15 is 0 Å². The first-order valence-electron chi connectivity index (χ1n) is 13.0. The van der Waals surface area contributed by atoms with Crippen LogP contribution in [0.4, 0.5) is 0 Å². The molecule has 0 unspecified atom stereocenters. The molecule has 4 aromatic carbocycles. The van der Waals surface area contributed by atoms with Gasteiger partial charge in [-0.15, -0.1) is 0 Å². The van der Waals surface area contributed by atoms with Crippen LogP contribution in [0.3, 0.4) is 0 Å². The number of hydrogen-bond acceptors (Lipinski definition) is 0. The maximum absolute atomic E-state index is 2.37. The van der Waals surface area contributed by atoms with Crippen molar-refractivity contribution in [1.29, 1.82) is 0 Å². The predicted molar refractivity (Wildman–Crippen MR) is 155 cm³/mol. The van der Waals surface area contributed by atoms with Crippen molar-refractivity contribution < 1.29 is 0 Å². The van der Waals surface area contributed by atoms with Gasteiger partial charge in [-0.05, 0) is 80.0 Å². The molecule has 182 valence electrons. The summed E-state index contributed by atoms with van der Waals surface area (Å²) in [5.41, 5.74) is 12.0. The maximum Gasteiger partial charge on any atom is 0.0158 e. The third-order valence-electron chi connectivity index (χ3n) is 7.70. The van der Waals surface area contributed by atoms with E-state index in [4.69, 9.17) is 0 Å². The maximum atomic E-state index is 2.37. The Kier molecular flexibility index (Phi) is 6.25. The Labute approximate surface area is 213 Å². The summed E-state index contributed by atoms with van der Waals surface area (Å²) in [6.07, 6.45) is 0. The van der Waals surface area contributed by atoms with Gasteiger partial charge in [0.25, 0.3) is 0 Å². The average molecular weight is 463 g/mol. The number of aryl methyl sites for hydroxylation is 2. The SMILES string of the molecule is CC(C)(C)c1cc2ccccc2cc1C(C)(C)C.Cc1cc2c(cc1C)C(C)(C)c1ccccc1-2. The van der Waals surface area contributed by atoms with Gasteiger partial charge >= 0.3 is 0 Å². The Bertz CT molecular complexity index is 1330. The monoisotopic (exact) mass is 462 g/mol. The van der Waals surface area contributed by atoms with E-state index in [1.807, 2.05) is 0 Å². The molecule has 5 rings (SSSR count). The Balaban J connectivity index is 0.000000165. The molecule has 0 saturated heterocycles. The van der Waals surface area contributed by atoms with E-state index < -0.39 is 0 Å². The third kappa shape index (κ3) is 4.68. The van der Waals surface area contributed by atoms with Crippen LogP contribution in [0, 0.1) is 13.8 Å². The highest BCUT2D eigenvalue weighted by Crippen LogP contribution is 2.49. The van der Waals surface area contributed by atoms with Gasteiger partial charge in [0.2, 0.25) is 0 Å². The van der Waals surface area contributed by atoms with Crippen LogP contribution in [0.5, 0.6) is 0 Å². The molecule has 0 aliphatic heterocycles. The van der Waals surface area contributed by atoms with Crippen LogP contribution < -0.4 is 0 Å². The Morgan fingerprint density at radius 2 is 0.971 bits per heavy atom. The van der Waals surface area contributed by atoms with Gasteiger partial charge in [0.15, 0.2) is 0 Å². The van der Waals surface area contributed by atoms with Crippen LogP contribution >= 0.6 is 0 Å². The van der Waals surface area contributed by atoms with Gasteiger partial charge < -0.3 is 0 Å². The van der Waals surface area contributed by atoms with Crippen LogP contribution in [0.15, 0.2) is 72.8 Å². The van der Waals surface area contributed by atoms with Crippen molar-refractivity contribution in [2.24, 2.45) is 0 Å². The lowest BCUT2D eigenvalue weighted by Crippen LogP contribution is -2.21. The molecule has 0 heteroatoms. The van der Waals surface area contributed by atoms with Crippen molar-refractivity contribution in [3.05, 3.63) is 106 Å². The zero-order valence-electron chi connectivity index (χ0n) is 23.4. The topological polar surface area (TPSA) is 0 Å². The molecule has 0 radical (unpaired) electrons. The van der Waals surface area contributed by atoms with Crippen molar-refractivity contribution in [1.82, 2.24) is 0 Å². The summed E-state index contributed by atoms with van der Waals surface area (Å²) in [5, 5.41) is 2.69. The highest BCUT2D eigenvalue weighted by atomic mass is 14.4. The normalized spacial score (nSPS) is 14.2. The zero-order chi connectivity index (χ0) is 25.8. The molecule has 35 heavy (non-hydrogen) atoms. The van der Waals surface area contributed by atoms with Crippen LogP contribution in [0.1, 0.15) is 88.8 Å². The van der Waals surface area contributed by atoms with Crippen LogP contribution in [0.25, 0.3) is 21.9 Å². The lowest BCUT2D eigenvalue weighted by atomic mass is 9.74. The fourth-order valence-corrected chi connectivity index (χ4v) is 5.45. The summed E-state index contributed by atoms with van der Waals surface area (Å²) >= 11 is 0. The summed E-state index contributed by atoms with van der Waals surface area (Å²) in [4.78, 5) is 0. The van der Waals surface area contributed by atoms with Crippen molar-refractivity contribution in [2.75, 3.05) is 0 Å². The molecule has 0 bridgehead atoms. The second kappa shape index (κ2) is 8.66. The first kappa shape index (κ1) is 25.2. The second-order valence-corrected chi connectivity index (χ2v) is 12.9. The van der Waals surface area contributed by atoms with Crippen molar-refractivity contribution >= 4 is 10.8 Å². The van der Waals surface area contributed by atoms with E-state index in [9.17, 15) is 0 Å². The zero-order valence-corrected chi connectivity index (χ0v) is 23.4. The predicted octanol–water partition coefficient (Wildman–Crippen LogP) is 10.0. The molecule has 0 fully saturated rings. The van der Waals surface area contributed by atoms with E-state index in [0.29, 0.717) is 0 Å². The third-order valence-corrected chi connectivity index (χ3v) is 7.70. The largest absolute Gasteiger partial charge is 0.0619 e. The molecule has 0 saturated carbocycles. The summed E-state index contributed by atoms with van der Waals surface area (Å²) < 4.78 is 0. The molecule has 1 aliphatic carbocycles. The highest BCUT2D eigenvalue weighted by molar-refractivity contribution is 5.85. The van der Waals surface area contributed by atoms with Crippen LogP contribution in [-0.4, -0.2) is 0 Å². The molecular formula is C35H42. The highest BCUT2D eigenvalue weighted by Gasteiger charge is 2.35. The van der Waals surface area contributed by atoms with Crippen molar-refractivity contribution in [3.8, 4) is 11.1 Å². The fraction of sp³-hybridized carbons (Fsp3) is 0.371. The molecular weight excluding hydrogens is 420 g/mol. The first-order valence-corrected chi connectivity index (χ1v) is 13.0. The second-order valence-electron chi connectivity index (χ2n) is 12.9. The van der Waals surface area contributed by atoms with E-state index in [-0.39, 0.29) is 16.2 Å². The van der Waals surface area contributed by atoms with Gasteiger partial charge in [0, 0.05) is 5.41 Å². The molecule has 0 amide bonds. The van der Waals surface area contributed by atoms with Gasteiger partial charge in [-0.1, -0.05) is 128 Å². The van der Waals surface area contributed by atoms with Gasteiger partial charge in [-0.25, -0.2) is 0 Å². The molecule has 0 heterocycles. The molecule has 0 N–H and O–H groups in total. The van der Waals surface area contributed by atoms with E-state index in [2.05, 4.69) is 142 Å². The molecule has 0 atom stereocenters. The Morgan fingerprint density at radius 1 is 0.514 bits per heavy atom. The Morgan fingerprint density at radius 3 is 1.49 bits per heavy atom. The van der Waals surface area contributed by atoms with Gasteiger partial charge in [0.05, 0.1) is 0 Å². The minimum Gasteiger partial charge on any atom is -0.0619 e. The number of fused-ring (bicyclic) bond motifs is 4. The fourth-order valence-electron chi connectivity index (χ4n) is 5.45. The minimum absolute atomic E-state index is 0.143. The number of hydrogen-bond donors (Lipinski definition) is 0. The summed E-state index contributed by atoms with van der Waals surface area (Å²) in [6, 6.07) is 26.9. The summed E-state index contributed by atoms with van der Waals surface area (Å²) in [7, 11) is 0. The van der Waals surface area contributed by atoms with E-state index in [1.54, 1.807) is 0 Å². The standard InChI is InChI=1S/C18H24.C17H18/c1-17(2,3)15-11-13-9-7-8-10-14(13)12-16(15)18(4,5)6;1-11-9-14-13-7-5-6-8-15(13)17(3,4)16(14)10-12(11)2/h7-12H,1-6H3;5-10H,1-4H3. The number of rotatable bonds is 0. The number of benzene rings is 4. The van der Waals surface area contributed by atoms with Crippen molar-refractivity contribution in [3.63, 3.8) is 0 Å².